The van der Waals surface area contributed by atoms with Crippen molar-refractivity contribution in [2.75, 3.05) is 0 Å². The van der Waals surface area contributed by atoms with Crippen LogP contribution in [0.1, 0.15) is 40.2 Å². The lowest BCUT2D eigenvalue weighted by atomic mass is 9.78. The third kappa shape index (κ3) is 7.40. The van der Waals surface area contributed by atoms with Crippen LogP contribution in [0.5, 0.6) is 0 Å². The summed E-state index contributed by atoms with van der Waals surface area (Å²) in [7, 11) is -0.341. The summed E-state index contributed by atoms with van der Waals surface area (Å²) in [6.07, 6.45) is 3.82. The van der Waals surface area contributed by atoms with E-state index in [4.69, 9.17) is 25.9 Å². The van der Waals surface area contributed by atoms with Gasteiger partial charge in [0.25, 0.3) is 0 Å². The molecule has 0 bridgehead atoms. The molecule has 1 saturated heterocycles. The maximum absolute atomic E-state index is 6.28. The van der Waals surface area contributed by atoms with E-state index in [0.717, 1.165) is 27.8 Å². The van der Waals surface area contributed by atoms with E-state index in [1.165, 1.54) is 98.4 Å². The predicted molar refractivity (Wildman–Crippen MR) is 312 cm³/mol. The maximum atomic E-state index is 6.28. The Bertz CT molecular complexity index is 4420. The number of rotatable bonds is 4. The average Bonchev–Trinajstić information content (AvgIpc) is 4.20. The number of halogens is 1. The molecule has 0 spiro atoms. The number of benzene rings is 8. The van der Waals surface area contributed by atoms with Crippen molar-refractivity contribution in [1.82, 2.24) is 18.8 Å². The van der Waals surface area contributed by atoms with E-state index in [2.05, 4.69) is 212 Å². The summed E-state index contributed by atoms with van der Waals surface area (Å²) >= 11 is 5.79. The van der Waals surface area contributed by atoms with Gasteiger partial charge in [-0.25, -0.2) is 4.98 Å². The Morgan fingerprint density at radius 2 is 0.851 bits per heavy atom. The van der Waals surface area contributed by atoms with E-state index in [0.29, 0.717) is 5.15 Å². The van der Waals surface area contributed by atoms with Gasteiger partial charge in [0.15, 0.2) is 0 Å². The molecule has 7 heterocycles. The van der Waals surface area contributed by atoms with Crippen molar-refractivity contribution in [3.05, 3.63) is 223 Å². The first-order valence-corrected chi connectivity index (χ1v) is 25.7. The van der Waals surface area contributed by atoms with Crippen LogP contribution in [-0.2, 0) is 9.31 Å². The number of aryl methyl sites for hydroxylation is 2. The summed E-state index contributed by atoms with van der Waals surface area (Å²) in [6.45, 7) is 12.6. The molecule has 0 unspecified atom stereocenters. The third-order valence-corrected chi connectivity index (χ3v) is 15.9. The van der Waals surface area contributed by atoms with Gasteiger partial charge in [-0.2, -0.15) is 0 Å². The Labute approximate surface area is 436 Å². The van der Waals surface area contributed by atoms with E-state index in [1.54, 1.807) is 0 Å². The predicted octanol–water partition coefficient (Wildman–Crippen LogP) is 16.8. The van der Waals surface area contributed by atoms with E-state index in [1.807, 2.05) is 49.6 Å². The molecule has 8 heteroatoms. The van der Waals surface area contributed by atoms with Crippen molar-refractivity contribution in [3.8, 4) is 33.5 Å². The minimum Gasteiger partial charge on any atom is -1.00 e. The van der Waals surface area contributed by atoms with Crippen LogP contribution in [-0.4, -0.2) is 37.1 Å². The lowest BCUT2D eigenvalue weighted by Crippen LogP contribution is -2.41. The molecular formula is C66H53BClN4O2-. The smallest absolute Gasteiger partial charge is 0.494 e. The molecular weight excluding hydrogens is 927 g/mol. The molecule has 74 heavy (non-hydrogen) atoms. The van der Waals surface area contributed by atoms with Gasteiger partial charge < -0.3 is 19.5 Å². The number of aromatic nitrogens is 4. The summed E-state index contributed by atoms with van der Waals surface area (Å²) in [5.74, 6) is 0. The summed E-state index contributed by atoms with van der Waals surface area (Å²) in [5, 5.41) is 10.9. The standard InChI is InChI=1S/C30H20N2.C24H22BNO2.C12H10ClN.H/c1-19-16-27(31-18-26(19)20-8-3-2-4-9-20)21-14-15-29-25(17-21)24-12-7-11-23-22-10-5-6-13-28(22)32(29)30(23)24;1-23(2)24(3,4)28-25(27-23)15-12-13-21-19(14-15)18-10-7-9-17-16-8-5-6-11-20(16)26(21)22(17)18;1-9-7-12(13)14-8-11(9)10-5-3-2-4-6-10;/h2-18H,1H3;5-14H,1-4H3;2-8H,1H3;/q;;;-1. The molecule has 0 amide bonds. The topological polar surface area (TPSA) is 53.1 Å². The number of fused-ring (bicyclic) bond motifs is 12. The van der Waals surface area contributed by atoms with Gasteiger partial charge in [0.05, 0.1) is 50.0 Å². The highest BCUT2D eigenvalue weighted by Crippen LogP contribution is 2.42. The molecule has 1 aliphatic rings. The summed E-state index contributed by atoms with van der Waals surface area (Å²) in [4.78, 5) is 8.92. The second-order valence-corrected chi connectivity index (χ2v) is 21.0. The molecule has 8 aromatic carbocycles. The average molecular weight is 980 g/mol. The zero-order valence-corrected chi connectivity index (χ0v) is 42.9. The zero-order chi connectivity index (χ0) is 50.5. The molecule has 0 N–H and O–H groups in total. The number of para-hydroxylation sites is 4. The number of nitrogens with zero attached hydrogens (tertiary/aromatic N) is 4. The molecule has 15 rings (SSSR count). The Hall–Kier alpha value is -8.07. The second-order valence-electron chi connectivity index (χ2n) is 20.6. The number of hydrogen-bond donors (Lipinski definition) is 0. The SMILES string of the molecule is CC1(C)OB(c2ccc3c(c2)c2cccc4c5ccccc5n3c42)OC1(C)C.Cc1cc(-c2ccc3c(c2)c2cccc4c5ccccc5n3c42)ncc1-c1ccccc1.Cc1cc(Cl)ncc1-c1ccccc1.[H-]. The third-order valence-electron chi connectivity index (χ3n) is 15.6. The summed E-state index contributed by atoms with van der Waals surface area (Å²) in [6, 6.07) is 68.6. The highest BCUT2D eigenvalue weighted by molar-refractivity contribution is 6.62. The van der Waals surface area contributed by atoms with Crippen LogP contribution in [0.3, 0.4) is 0 Å². The second kappa shape index (κ2) is 17.6. The van der Waals surface area contributed by atoms with E-state index >= 15 is 0 Å². The molecule has 360 valence electrons. The summed E-state index contributed by atoms with van der Waals surface area (Å²) in [5.41, 5.74) is 17.3. The minimum atomic E-state index is -0.341. The Balaban J connectivity index is 0.000000121. The fourth-order valence-electron chi connectivity index (χ4n) is 11.2. The fourth-order valence-corrected chi connectivity index (χ4v) is 11.5. The highest BCUT2D eigenvalue weighted by Gasteiger charge is 2.51. The van der Waals surface area contributed by atoms with Gasteiger partial charge in [-0.1, -0.05) is 163 Å². The Morgan fingerprint density at radius 1 is 0.419 bits per heavy atom. The van der Waals surface area contributed by atoms with Crippen LogP contribution in [0, 0.1) is 13.8 Å². The molecule has 0 radical (unpaired) electrons. The fraction of sp³-hybridized carbons (Fsp3) is 0.121. The zero-order valence-electron chi connectivity index (χ0n) is 43.2. The minimum absolute atomic E-state index is 0. The quantitative estimate of drug-likeness (QED) is 0.130. The van der Waals surface area contributed by atoms with Crippen LogP contribution in [0.2, 0.25) is 5.15 Å². The number of pyridine rings is 2. The Kier molecular flexibility index (Phi) is 10.9. The molecule has 6 aromatic heterocycles. The van der Waals surface area contributed by atoms with E-state index in [-0.39, 0.29) is 19.7 Å². The van der Waals surface area contributed by atoms with Crippen molar-refractivity contribution in [3.63, 3.8) is 0 Å². The van der Waals surface area contributed by atoms with Crippen LogP contribution >= 0.6 is 11.6 Å². The van der Waals surface area contributed by atoms with Crippen molar-refractivity contribution in [2.45, 2.75) is 52.7 Å². The van der Waals surface area contributed by atoms with Gasteiger partial charge in [0.2, 0.25) is 0 Å². The van der Waals surface area contributed by atoms with Crippen molar-refractivity contribution < 1.29 is 10.7 Å². The van der Waals surface area contributed by atoms with Crippen molar-refractivity contribution >= 4 is 100 Å². The van der Waals surface area contributed by atoms with E-state index in [9.17, 15) is 0 Å². The largest absolute Gasteiger partial charge is 1.00 e. The van der Waals surface area contributed by atoms with Crippen LogP contribution in [0.15, 0.2) is 207 Å². The highest BCUT2D eigenvalue weighted by atomic mass is 35.5. The number of hydrogen-bond acceptors (Lipinski definition) is 4. The monoisotopic (exact) mass is 979 g/mol. The normalized spacial score (nSPS) is 14.2. The Morgan fingerprint density at radius 3 is 1.38 bits per heavy atom. The molecule has 0 atom stereocenters. The molecule has 14 aromatic rings. The van der Waals surface area contributed by atoms with E-state index < -0.39 is 0 Å². The van der Waals surface area contributed by atoms with Crippen molar-refractivity contribution in [2.24, 2.45) is 0 Å². The van der Waals surface area contributed by atoms with Gasteiger partial charge in [0.1, 0.15) is 5.15 Å². The van der Waals surface area contributed by atoms with Gasteiger partial charge in [-0.05, 0) is 112 Å². The van der Waals surface area contributed by atoms with Crippen LogP contribution in [0.25, 0.3) is 110 Å². The molecule has 6 nitrogen and oxygen atoms in total. The first-order valence-electron chi connectivity index (χ1n) is 25.3. The summed E-state index contributed by atoms with van der Waals surface area (Å²) < 4.78 is 17.4. The molecule has 1 fully saturated rings. The first kappa shape index (κ1) is 45.8. The molecule has 1 aliphatic heterocycles. The van der Waals surface area contributed by atoms with Crippen molar-refractivity contribution in [1.29, 1.82) is 0 Å². The van der Waals surface area contributed by atoms with Gasteiger partial charge in [0, 0.05) is 72.2 Å². The van der Waals surface area contributed by atoms with Gasteiger partial charge in [-0.15, -0.1) is 0 Å². The first-order chi connectivity index (χ1) is 35.9. The van der Waals surface area contributed by atoms with Gasteiger partial charge >= 0.3 is 7.12 Å². The molecule has 0 aliphatic carbocycles. The van der Waals surface area contributed by atoms with Crippen LogP contribution in [0.4, 0.5) is 0 Å². The van der Waals surface area contributed by atoms with Crippen LogP contribution < -0.4 is 5.46 Å². The van der Waals surface area contributed by atoms with Gasteiger partial charge in [-0.3, -0.25) is 4.98 Å². The lowest BCUT2D eigenvalue weighted by Gasteiger charge is -2.32. The maximum Gasteiger partial charge on any atom is 0.494 e. The molecule has 0 saturated carbocycles. The lowest BCUT2D eigenvalue weighted by molar-refractivity contribution is 0.00578.